The van der Waals surface area contributed by atoms with Crippen LogP contribution in [-0.4, -0.2) is 5.84 Å². The quantitative estimate of drug-likeness (QED) is 0.342. The molecule has 0 aliphatic rings. The van der Waals surface area contributed by atoms with Crippen LogP contribution < -0.4 is 11.3 Å². The molecule has 17 heavy (non-hydrogen) atoms. The van der Waals surface area contributed by atoms with Gasteiger partial charge in [0.2, 0.25) is 0 Å². The number of nitrogens with zero attached hydrogens (tertiary/aromatic N) is 1. The Bertz CT molecular complexity index is 333. The molecule has 3 nitrogen and oxygen atoms in total. The summed E-state index contributed by atoms with van der Waals surface area (Å²) < 4.78 is 0. The summed E-state index contributed by atoms with van der Waals surface area (Å²) in [7, 11) is 0. The van der Waals surface area contributed by atoms with E-state index in [4.69, 9.17) is 5.84 Å². The predicted molar refractivity (Wildman–Crippen MR) is 74.2 cm³/mol. The molecular weight excluding hydrogens is 210 g/mol. The van der Waals surface area contributed by atoms with E-state index in [1.54, 1.807) is 0 Å². The fourth-order valence-corrected chi connectivity index (χ4v) is 1.87. The molecule has 0 aliphatic carbocycles. The maximum Gasteiger partial charge on any atom is 0.119 e. The number of nitrogens with one attached hydrogen (secondary N) is 1. The molecule has 0 saturated carbocycles. The van der Waals surface area contributed by atoms with Crippen molar-refractivity contribution in [2.75, 3.05) is 0 Å². The van der Waals surface area contributed by atoms with E-state index in [1.165, 1.54) is 12.8 Å². The average molecular weight is 233 g/mol. The third-order valence-corrected chi connectivity index (χ3v) is 2.94. The maximum atomic E-state index is 5.59. The molecule has 1 aromatic rings. The van der Waals surface area contributed by atoms with Crippen LogP contribution in [0.5, 0.6) is 0 Å². The first kappa shape index (κ1) is 13.7. The zero-order chi connectivity index (χ0) is 12.5. The number of para-hydroxylation sites is 1. The van der Waals surface area contributed by atoms with Crippen molar-refractivity contribution in [3.8, 4) is 0 Å². The molecule has 1 rings (SSSR count). The second kappa shape index (κ2) is 7.85. The average Bonchev–Trinajstić information content (AvgIpc) is 2.39. The van der Waals surface area contributed by atoms with E-state index < -0.39 is 0 Å². The third kappa shape index (κ3) is 4.57. The molecule has 1 aromatic carbocycles. The lowest BCUT2D eigenvalue weighted by molar-refractivity contribution is 0.554. The Morgan fingerprint density at radius 2 is 2.00 bits per heavy atom. The summed E-state index contributed by atoms with van der Waals surface area (Å²) in [5.74, 6) is 6.91. The van der Waals surface area contributed by atoms with Gasteiger partial charge in [-0.3, -0.25) is 0 Å². The van der Waals surface area contributed by atoms with Crippen LogP contribution >= 0.6 is 0 Å². The minimum Gasteiger partial charge on any atom is -0.312 e. The fraction of sp³-hybridized carbons (Fsp3) is 0.500. The molecule has 0 radical (unpaired) electrons. The highest BCUT2D eigenvalue weighted by atomic mass is 15.3. The van der Waals surface area contributed by atoms with Crippen molar-refractivity contribution in [2.45, 2.75) is 39.5 Å². The van der Waals surface area contributed by atoms with Crippen LogP contribution in [0, 0.1) is 5.92 Å². The molecule has 0 saturated heterocycles. The molecule has 0 heterocycles. The lowest BCUT2D eigenvalue weighted by Crippen LogP contribution is -2.35. The SMILES string of the molecule is CCCCC(CC)C(=Nc1ccccc1)NN. The van der Waals surface area contributed by atoms with Crippen molar-refractivity contribution in [1.82, 2.24) is 5.43 Å². The van der Waals surface area contributed by atoms with Crippen LogP contribution in [0.4, 0.5) is 5.69 Å². The number of hydrazine groups is 1. The van der Waals surface area contributed by atoms with Crippen molar-refractivity contribution >= 4 is 11.5 Å². The zero-order valence-corrected chi connectivity index (χ0v) is 10.8. The Kier molecular flexibility index (Phi) is 6.33. The van der Waals surface area contributed by atoms with Crippen molar-refractivity contribution in [2.24, 2.45) is 16.8 Å². The summed E-state index contributed by atoms with van der Waals surface area (Å²) in [5.41, 5.74) is 3.71. The Balaban J connectivity index is 2.77. The predicted octanol–water partition coefficient (Wildman–Crippen LogP) is 3.40. The second-order valence-electron chi connectivity index (χ2n) is 4.22. The first-order chi connectivity index (χ1) is 8.31. The second-order valence-corrected chi connectivity index (χ2v) is 4.22. The maximum absolute atomic E-state index is 5.59. The summed E-state index contributed by atoms with van der Waals surface area (Å²) in [5, 5.41) is 0. The third-order valence-electron chi connectivity index (χ3n) is 2.94. The van der Waals surface area contributed by atoms with Crippen LogP contribution in [-0.2, 0) is 0 Å². The number of hydrogen-bond donors (Lipinski definition) is 2. The number of nitrogens with two attached hydrogens (primary N) is 1. The van der Waals surface area contributed by atoms with Gasteiger partial charge in [0.1, 0.15) is 5.84 Å². The van der Waals surface area contributed by atoms with Crippen molar-refractivity contribution in [3.05, 3.63) is 30.3 Å². The molecule has 0 aliphatic heterocycles. The van der Waals surface area contributed by atoms with Gasteiger partial charge in [-0.1, -0.05) is 44.9 Å². The summed E-state index contributed by atoms with van der Waals surface area (Å²) in [4.78, 5) is 4.58. The highest BCUT2D eigenvalue weighted by Crippen LogP contribution is 2.17. The van der Waals surface area contributed by atoms with Crippen molar-refractivity contribution < 1.29 is 0 Å². The molecule has 0 fully saturated rings. The minimum absolute atomic E-state index is 0.431. The van der Waals surface area contributed by atoms with Gasteiger partial charge < -0.3 is 5.43 Å². The number of rotatable bonds is 6. The molecule has 3 N–H and O–H groups in total. The lowest BCUT2D eigenvalue weighted by Gasteiger charge is -2.16. The largest absolute Gasteiger partial charge is 0.312 e. The smallest absolute Gasteiger partial charge is 0.119 e. The molecule has 3 heteroatoms. The Morgan fingerprint density at radius 3 is 2.53 bits per heavy atom. The van der Waals surface area contributed by atoms with Crippen molar-refractivity contribution in [3.63, 3.8) is 0 Å². The van der Waals surface area contributed by atoms with Gasteiger partial charge in [0, 0.05) is 5.92 Å². The van der Waals surface area contributed by atoms with Gasteiger partial charge in [-0.15, -0.1) is 0 Å². The van der Waals surface area contributed by atoms with E-state index in [9.17, 15) is 0 Å². The Morgan fingerprint density at radius 1 is 1.29 bits per heavy atom. The van der Waals surface area contributed by atoms with E-state index in [2.05, 4.69) is 24.3 Å². The van der Waals surface area contributed by atoms with Crippen LogP contribution in [0.15, 0.2) is 35.3 Å². The van der Waals surface area contributed by atoms with Gasteiger partial charge in [-0.05, 0) is 25.0 Å². The fourth-order valence-electron chi connectivity index (χ4n) is 1.87. The molecule has 1 atom stereocenters. The molecule has 0 amide bonds. The monoisotopic (exact) mass is 233 g/mol. The van der Waals surface area contributed by atoms with E-state index >= 15 is 0 Å². The Hall–Kier alpha value is -1.35. The molecule has 1 unspecified atom stereocenters. The summed E-state index contributed by atoms with van der Waals surface area (Å²) in [6.07, 6.45) is 4.63. The van der Waals surface area contributed by atoms with Gasteiger partial charge in [0.25, 0.3) is 0 Å². The van der Waals surface area contributed by atoms with E-state index in [1.807, 2.05) is 30.3 Å². The van der Waals surface area contributed by atoms with E-state index in [-0.39, 0.29) is 0 Å². The number of amidine groups is 1. The molecule has 94 valence electrons. The number of aliphatic imine (C=N–C) groups is 1. The van der Waals surface area contributed by atoms with Crippen molar-refractivity contribution in [1.29, 1.82) is 0 Å². The highest BCUT2D eigenvalue weighted by molar-refractivity contribution is 5.86. The first-order valence-electron chi connectivity index (χ1n) is 6.42. The van der Waals surface area contributed by atoms with Gasteiger partial charge >= 0.3 is 0 Å². The molecule has 0 aromatic heterocycles. The molecule has 0 spiro atoms. The molecule has 0 bridgehead atoms. The van der Waals surface area contributed by atoms with Gasteiger partial charge in [0.15, 0.2) is 0 Å². The summed E-state index contributed by atoms with van der Waals surface area (Å²) in [6, 6.07) is 9.94. The van der Waals surface area contributed by atoms with Gasteiger partial charge in [-0.25, -0.2) is 10.8 Å². The van der Waals surface area contributed by atoms with Crippen LogP contribution in [0.2, 0.25) is 0 Å². The van der Waals surface area contributed by atoms with Crippen LogP contribution in [0.3, 0.4) is 0 Å². The topological polar surface area (TPSA) is 50.4 Å². The number of benzene rings is 1. The lowest BCUT2D eigenvalue weighted by atomic mass is 9.98. The van der Waals surface area contributed by atoms with Gasteiger partial charge in [0.05, 0.1) is 5.69 Å². The van der Waals surface area contributed by atoms with Crippen LogP contribution in [0.25, 0.3) is 0 Å². The van der Waals surface area contributed by atoms with E-state index in [0.717, 1.165) is 24.4 Å². The van der Waals surface area contributed by atoms with Gasteiger partial charge in [-0.2, -0.15) is 0 Å². The zero-order valence-electron chi connectivity index (χ0n) is 10.8. The number of hydrogen-bond acceptors (Lipinski definition) is 2. The summed E-state index contributed by atoms with van der Waals surface area (Å²) in [6.45, 7) is 4.38. The standard InChI is InChI=1S/C14H23N3/c1-3-5-9-12(4-2)14(17-15)16-13-10-7-6-8-11-13/h6-8,10-12H,3-5,9,15H2,1-2H3,(H,16,17). The normalized spacial score (nSPS) is 13.5. The number of unbranched alkanes of at least 4 members (excludes halogenated alkanes) is 1. The highest BCUT2D eigenvalue weighted by Gasteiger charge is 2.12. The minimum atomic E-state index is 0.431. The molecular formula is C14H23N3. The van der Waals surface area contributed by atoms with Crippen LogP contribution in [0.1, 0.15) is 39.5 Å². The summed E-state index contributed by atoms with van der Waals surface area (Å²) >= 11 is 0. The van der Waals surface area contributed by atoms with E-state index in [0.29, 0.717) is 5.92 Å². The Labute approximate surface area is 104 Å². The first-order valence-corrected chi connectivity index (χ1v) is 6.42.